The van der Waals surface area contributed by atoms with E-state index >= 15 is 0 Å². The summed E-state index contributed by atoms with van der Waals surface area (Å²) in [6, 6.07) is 1.93. The molecule has 0 amide bonds. The fourth-order valence-corrected chi connectivity index (χ4v) is 2.11. The van der Waals surface area contributed by atoms with E-state index in [1.54, 1.807) is 24.2 Å². The lowest BCUT2D eigenvalue weighted by Gasteiger charge is -2.12. The molecule has 0 fully saturated rings. The highest BCUT2D eigenvalue weighted by Gasteiger charge is 2.09. The number of hydrogen-bond donors (Lipinski definition) is 1. The van der Waals surface area contributed by atoms with Gasteiger partial charge in [0.2, 0.25) is 0 Å². The molecule has 78 valence electrons. The van der Waals surface area contributed by atoms with Crippen LogP contribution in [0.4, 0.5) is 0 Å². The van der Waals surface area contributed by atoms with Crippen LogP contribution in [0.2, 0.25) is 0 Å². The number of aryl methyl sites for hydroxylation is 1. The van der Waals surface area contributed by atoms with E-state index in [1.165, 1.54) is 0 Å². The molecule has 0 bridgehead atoms. The SMILES string of the molecule is CCCSCC(O)c1cnccc1C. The fourth-order valence-electron chi connectivity index (χ4n) is 1.25. The van der Waals surface area contributed by atoms with Crippen molar-refractivity contribution in [3.8, 4) is 0 Å². The Bertz CT molecular complexity index is 278. The second-order valence-corrected chi connectivity index (χ2v) is 4.47. The molecule has 14 heavy (non-hydrogen) atoms. The van der Waals surface area contributed by atoms with Gasteiger partial charge in [0.05, 0.1) is 6.10 Å². The highest BCUT2D eigenvalue weighted by molar-refractivity contribution is 7.99. The number of aromatic nitrogens is 1. The average molecular weight is 211 g/mol. The topological polar surface area (TPSA) is 33.1 Å². The third-order valence-corrected chi connectivity index (χ3v) is 3.31. The van der Waals surface area contributed by atoms with Crippen molar-refractivity contribution in [1.82, 2.24) is 4.98 Å². The highest BCUT2D eigenvalue weighted by atomic mass is 32.2. The molecule has 0 saturated heterocycles. The normalized spacial score (nSPS) is 12.8. The van der Waals surface area contributed by atoms with Crippen LogP contribution in [0.25, 0.3) is 0 Å². The minimum atomic E-state index is -0.375. The van der Waals surface area contributed by atoms with Gasteiger partial charge in [-0.1, -0.05) is 6.92 Å². The summed E-state index contributed by atoms with van der Waals surface area (Å²) in [4.78, 5) is 4.03. The van der Waals surface area contributed by atoms with Crippen LogP contribution in [0.3, 0.4) is 0 Å². The summed E-state index contributed by atoms with van der Waals surface area (Å²) in [5.74, 6) is 1.87. The van der Waals surface area contributed by atoms with Crippen LogP contribution in [0.1, 0.15) is 30.6 Å². The van der Waals surface area contributed by atoms with Gasteiger partial charge in [0.15, 0.2) is 0 Å². The summed E-state index contributed by atoms with van der Waals surface area (Å²) >= 11 is 1.79. The van der Waals surface area contributed by atoms with Crippen molar-refractivity contribution in [2.75, 3.05) is 11.5 Å². The monoisotopic (exact) mass is 211 g/mol. The molecule has 0 spiro atoms. The van der Waals surface area contributed by atoms with Crippen molar-refractivity contribution >= 4 is 11.8 Å². The summed E-state index contributed by atoms with van der Waals surface area (Å²) < 4.78 is 0. The number of nitrogens with zero attached hydrogens (tertiary/aromatic N) is 1. The lowest BCUT2D eigenvalue weighted by Crippen LogP contribution is -2.03. The Balaban J connectivity index is 2.51. The first-order valence-corrected chi connectivity index (χ1v) is 6.07. The van der Waals surface area contributed by atoms with E-state index in [0.29, 0.717) is 0 Å². The maximum atomic E-state index is 9.87. The molecular formula is C11H17NOS. The zero-order valence-corrected chi connectivity index (χ0v) is 9.55. The van der Waals surface area contributed by atoms with Crippen LogP contribution in [-0.4, -0.2) is 21.6 Å². The van der Waals surface area contributed by atoms with Gasteiger partial charge in [-0.25, -0.2) is 0 Å². The number of hydrogen-bond acceptors (Lipinski definition) is 3. The van der Waals surface area contributed by atoms with E-state index in [4.69, 9.17) is 0 Å². The fraction of sp³-hybridized carbons (Fsp3) is 0.545. The van der Waals surface area contributed by atoms with Crippen LogP contribution in [0.5, 0.6) is 0 Å². The largest absolute Gasteiger partial charge is 0.387 e. The van der Waals surface area contributed by atoms with Crippen molar-refractivity contribution in [2.24, 2.45) is 0 Å². The molecule has 3 heteroatoms. The van der Waals surface area contributed by atoms with Crippen molar-refractivity contribution in [2.45, 2.75) is 26.4 Å². The summed E-state index contributed by atoms with van der Waals surface area (Å²) in [6.07, 6.45) is 4.29. The molecule has 1 N–H and O–H groups in total. The minimum absolute atomic E-state index is 0.375. The highest BCUT2D eigenvalue weighted by Crippen LogP contribution is 2.20. The van der Waals surface area contributed by atoms with Crippen LogP contribution >= 0.6 is 11.8 Å². The Kier molecular flexibility index (Phi) is 4.98. The average Bonchev–Trinajstić information content (AvgIpc) is 2.18. The van der Waals surface area contributed by atoms with E-state index in [0.717, 1.165) is 29.1 Å². The molecule has 0 radical (unpaired) electrons. The van der Waals surface area contributed by atoms with Gasteiger partial charge in [0, 0.05) is 23.7 Å². The Labute approximate surface area is 89.8 Å². The molecule has 0 saturated carbocycles. The maximum absolute atomic E-state index is 9.87. The van der Waals surface area contributed by atoms with Gasteiger partial charge in [-0.05, 0) is 30.7 Å². The second-order valence-electron chi connectivity index (χ2n) is 3.32. The summed E-state index contributed by atoms with van der Waals surface area (Å²) in [7, 11) is 0. The van der Waals surface area contributed by atoms with E-state index < -0.39 is 0 Å². The number of rotatable bonds is 5. The quantitative estimate of drug-likeness (QED) is 0.760. The Morgan fingerprint density at radius 2 is 2.36 bits per heavy atom. The summed E-state index contributed by atoms with van der Waals surface area (Å²) in [5, 5.41) is 9.87. The zero-order valence-electron chi connectivity index (χ0n) is 8.73. The molecule has 0 aliphatic rings. The van der Waals surface area contributed by atoms with Gasteiger partial charge in [-0.2, -0.15) is 11.8 Å². The van der Waals surface area contributed by atoms with E-state index in [-0.39, 0.29) is 6.10 Å². The first-order valence-electron chi connectivity index (χ1n) is 4.92. The number of thioether (sulfide) groups is 1. The van der Waals surface area contributed by atoms with Crippen molar-refractivity contribution in [3.63, 3.8) is 0 Å². The first kappa shape index (κ1) is 11.5. The number of aliphatic hydroxyl groups is 1. The van der Waals surface area contributed by atoms with Crippen molar-refractivity contribution < 1.29 is 5.11 Å². The molecule has 1 heterocycles. The third kappa shape index (κ3) is 3.31. The van der Waals surface area contributed by atoms with Gasteiger partial charge >= 0.3 is 0 Å². The predicted molar refractivity (Wildman–Crippen MR) is 61.5 cm³/mol. The third-order valence-electron chi connectivity index (χ3n) is 2.06. The smallest absolute Gasteiger partial charge is 0.0897 e. The lowest BCUT2D eigenvalue weighted by molar-refractivity contribution is 0.203. The molecule has 0 aromatic carbocycles. The number of aliphatic hydroxyl groups excluding tert-OH is 1. The number of pyridine rings is 1. The van der Waals surface area contributed by atoms with Gasteiger partial charge in [0.1, 0.15) is 0 Å². The molecule has 0 aliphatic heterocycles. The zero-order chi connectivity index (χ0) is 10.4. The van der Waals surface area contributed by atoms with E-state index in [1.807, 2.05) is 13.0 Å². The molecule has 1 aromatic heterocycles. The molecule has 1 atom stereocenters. The van der Waals surface area contributed by atoms with Crippen LogP contribution in [0.15, 0.2) is 18.5 Å². The van der Waals surface area contributed by atoms with Crippen LogP contribution in [0, 0.1) is 6.92 Å². The van der Waals surface area contributed by atoms with E-state index in [9.17, 15) is 5.11 Å². The lowest BCUT2D eigenvalue weighted by atomic mass is 10.1. The maximum Gasteiger partial charge on any atom is 0.0897 e. The second kappa shape index (κ2) is 6.04. The molecule has 0 aliphatic carbocycles. The molecule has 2 nitrogen and oxygen atoms in total. The van der Waals surface area contributed by atoms with Gasteiger partial charge in [-0.15, -0.1) is 0 Å². The van der Waals surface area contributed by atoms with Gasteiger partial charge in [-0.3, -0.25) is 4.98 Å². The van der Waals surface area contributed by atoms with Crippen molar-refractivity contribution in [1.29, 1.82) is 0 Å². The van der Waals surface area contributed by atoms with Gasteiger partial charge < -0.3 is 5.11 Å². The molecule has 1 unspecified atom stereocenters. The Morgan fingerprint density at radius 3 is 3.00 bits per heavy atom. The Morgan fingerprint density at radius 1 is 1.57 bits per heavy atom. The van der Waals surface area contributed by atoms with Crippen LogP contribution < -0.4 is 0 Å². The molecule has 1 rings (SSSR count). The van der Waals surface area contributed by atoms with Crippen LogP contribution in [-0.2, 0) is 0 Å². The summed E-state index contributed by atoms with van der Waals surface area (Å²) in [5.41, 5.74) is 2.07. The van der Waals surface area contributed by atoms with Crippen molar-refractivity contribution in [3.05, 3.63) is 29.6 Å². The minimum Gasteiger partial charge on any atom is -0.387 e. The van der Waals surface area contributed by atoms with E-state index in [2.05, 4.69) is 11.9 Å². The first-order chi connectivity index (χ1) is 6.75. The van der Waals surface area contributed by atoms with Gasteiger partial charge in [0.25, 0.3) is 0 Å². The summed E-state index contributed by atoms with van der Waals surface area (Å²) in [6.45, 7) is 4.15. The Hall–Kier alpha value is -0.540. The molecular weight excluding hydrogens is 194 g/mol. The standard InChI is InChI=1S/C11H17NOS/c1-3-6-14-8-11(13)10-7-12-5-4-9(10)2/h4-5,7,11,13H,3,6,8H2,1-2H3. The predicted octanol–water partition coefficient (Wildman–Crippen LogP) is 2.57. The molecule has 1 aromatic rings.